The Labute approximate surface area is 119 Å². The normalized spacial score (nSPS) is 16.0. The van der Waals surface area contributed by atoms with Gasteiger partial charge in [0.25, 0.3) is 0 Å². The van der Waals surface area contributed by atoms with Crippen LogP contribution in [-0.2, 0) is 9.53 Å². The van der Waals surface area contributed by atoms with E-state index < -0.39 is 0 Å². The molecular formula is C15H22N2O3. The van der Waals surface area contributed by atoms with E-state index in [9.17, 15) is 4.79 Å². The van der Waals surface area contributed by atoms with Gasteiger partial charge in [-0.25, -0.2) is 0 Å². The summed E-state index contributed by atoms with van der Waals surface area (Å²) in [7, 11) is 0. The molecule has 5 nitrogen and oxygen atoms in total. The molecule has 1 saturated heterocycles. The minimum atomic E-state index is -0.0665. The molecule has 0 amide bonds. The van der Waals surface area contributed by atoms with Crippen molar-refractivity contribution in [2.45, 2.75) is 26.7 Å². The molecular weight excluding hydrogens is 256 g/mol. The summed E-state index contributed by atoms with van der Waals surface area (Å²) in [5, 5.41) is 0. The number of nitrogens with zero attached hydrogens (tertiary/aromatic N) is 2. The summed E-state index contributed by atoms with van der Waals surface area (Å²) in [5.74, 6) is 1.53. The van der Waals surface area contributed by atoms with Gasteiger partial charge in [0.05, 0.1) is 19.1 Å². The van der Waals surface area contributed by atoms with Gasteiger partial charge >= 0.3 is 5.97 Å². The van der Waals surface area contributed by atoms with Gasteiger partial charge < -0.3 is 14.4 Å². The van der Waals surface area contributed by atoms with Crippen molar-refractivity contribution >= 4 is 11.8 Å². The van der Waals surface area contributed by atoms with Crippen molar-refractivity contribution in [2.75, 3.05) is 31.2 Å². The molecule has 1 aromatic rings. The first kappa shape index (κ1) is 14.6. The van der Waals surface area contributed by atoms with Crippen molar-refractivity contribution in [2.24, 2.45) is 5.92 Å². The van der Waals surface area contributed by atoms with Crippen LogP contribution in [0.5, 0.6) is 5.88 Å². The Bertz CT molecular complexity index is 442. The number of hydrogen-bond donors (Lipinski definition) is 0. The van der Waals surface area contributed by atoms with Gasteiger partial charge in [0.1, 0.15) is 5.82 Å². The molecule has 0 aliphatic carbocycles. The van der Waals surface area contributed by atoms with Crippen LogP contribution in [0.1, 0.15) is 26.7 Å². The van der Waals surface area contributed by atoms with Crippen molar-refractivity contribution in [3.05, 3.63) is 18.2 Å². The van der Waals surface area contributed by atoms with Crippen LogP contribution < -0.4 is 9.64 Å². The monoisotopic (exact) mass is 278 g/mol. The van der Waals surface area contributed by atoms with Gasteiger partial charge in [-0.1, -0.05) is 6.07 Å². The van der Waals surface area contributed by atoms with Crippen LogP contribution in [0.4, 0.5) is 5.82 Å². The van der Waals surface area contributed by atoms with Crippen molar-refractivity contribution in [3.63, 3.8) is 0 Å². The lowest BCUT2D eigenvalue weighted by atomic mass is 9.97. The fourth-order valence-corrected chi connectivity index (χ4v) is 2.41. The number of carbonyl (C=O) groups is 1. The van der Waals surface area contributed by atoms with Crippen molar-refractivity contribution in [1.29, 1.82) is 0 Å². The Morgan fingerprint density at radius 2 is 2.05 bits per heavy atom. The Kier molecular flexibility index (Phi) is 5.21. The maximum Gasteiger partial charge on any atom is 0.309 e. The van der Waals surface area contributed by atoms with E-state index in [0.717, 1.165) is 31.7 Å². The number of anilines is 1. The van der Waals surface area contributed by atoms with Crippen LogP contribution in [0.3, 0.4) is 0 Å². The van der Waals surface area contributed by atoms with Crippen LogP contribution >= 0.6 is 0 Å². The van der Waals surface area contributed by atoms with Gasteiger partial charge in [-0.05, 0) is 32.8 Å². The second-order valence-electron chi connectivity index (χ2n) is 4.78. The molecule has 0 bridgehead atoms. The Hall–Kier alpha value is -1.78. The third kappa shape index (κ3) is 3.62. The summed E-state index contributed by atoms with van der Waals surface area (Å²) in [6, 6.07) is 5.79. The van der Waals surface area contributed by atoms with Crippen LogP contribution in [0.2, 0.25) is 0 Å². The summed E-state index contributed by atoms with van der Waals surface area (Å²) >= 11 is 0. The quantitative estimate of drug-likeness (QED) is 0.773. The average molecular weight is 278 g/mol. The molecule has 0 atom stereocenters. The fourth-order valence-electron chi connectivity index (χ4n) is 2.41. The molecule has 2 rings (SSSR count). The lowest BCUT2D eigenvalue weighted by Gasteiger charge is -2.31. The number of esters is 1. The van der Waals surface area contributed by atoms with Crippen LogP contribution in [0, 0.1) is 5.92 Å². The van der Waals surface area contributed by atoms with Gasteiger partial charge in [0.15, 0.2) is 0 Å². The molecule has 0 N–H and O–H groups in total. The highest BCUT2D eigenvalue weighted by molar-refractivity contribution is 5.72. The zero-order valence-electron chi connectivity index (χ0n) is 12.2. The van der Waals surface area contributed by atoms with Crippen molar-refractivity contribution in [1.82, 2.24) is 4.98 Å². The van der Waals surface area contributed by atoms with E-state index in [-0.39, 0.29) is 11.9 Å². The average Bonchev–Trinajstić information content (AvgIpc) is 2.48. The number of hydrogen-bond acceptors (Lipinski definition) is 5. The first-order valence-corrected chi connectivity index (χ1v) is 7.26. The van der Waals surface area contributed by atoms with E-state index in [1.54, 1.807) is 0 Å². The van der Waals surface area contributed by atoms with E-state index >= 15 is 0 Å². The molecule has 0 spiro atoms. The van der Waals surface area contributed by atoms with E-state index in [4.69, 9.17) is 9.47 Å². The summed E-state index contributed by atoms with van der Waals surface area (Å²) < 4.78 is 10.5. The highest BCUT2D eigenvalue weighted by atomic mass is 16.5. The predicted octanol–water partition coefficient (Wildman–Crippen LogP) is 2.26. The molecule has 1 aliphatic heterocycles. The fraction of sp³-hybridized carbons (Fsp3) is 0.600. The smallest absolute Gasteiger partial charge is 0.309 e. The second-order valence-corrected chi connectivity index (χ2v) is 4.78. The summed E-state index contributed by atoms with van der Waals surface area (Å²) in [6.07, 6.45) is 1.64. The van der Waals surface area contributed by atoms with E-state index in [0.29, 0.717) is 19.1 Å². The number of piperidine rings is 1. The Morgan fingerprint density at radius 1 is 1.30 bits per heavy atom. The highest BCUT2D eigenvalue weighted by Gasteiger charge is 2.26. The molecule has 1 aromatic heterocycles. The summed E-state index contributed by atoms with van der Waals surface area (Å²) in [4.78, 5) is 18.4. The van der Waals surface area contributed by atoms with Gasteiger partial charge in [-0.15, -0.1) is 0 Å². The number of carbonyl (C=O) groups excluding carboxylic acids is 1. The molecule has 110 valence electrons. The van der Waals surface area contributed by atoms with Gasteiger partial charge in [-0.3, -0.25) is 4.79 Å². The minimum Gasteiger partial charge on any atom is -0.478 e. The lowest BCUT2D eigenvalue weighted by Crippen LogP contribution is -2.37. The largest absolute Gasteiger partial charge is 0.478 e. The third-order valence-corrected chi connectivity index (χ3v) is 3.44. The maximum absolute atomic E-state index is 11.7. The van der Waals surface area contributed by atoms with Gasteiger partial charge in [0, 0.05) is 19.2 Å². The SMILES string of the molecule is CCOC(=O)C1CCN(c2cccc(OCC)n2)CC1. The molecule has 0 aromatic carbocycles. The zero-order chi connectivity index (χ0) is 14.4. The van der Waals surface area contributed by atoms with Crippen LogP contribution in [-0.4, -0.2) is 37.3 Å². The van der Waals surface area contributed by atoms with Crippen molar-refractivity contribution in [3.8, 4) is 5.88 Å². The zero-order valence-corrected chi connectivity index (χ0v) is 12.2. The summed E-state index contributed by atoms with van der Waals surface area (Å²) in [5.41, 5.74) is 0. The molecule has 0 radical (unpaired) electrons. The molecule has 0 unspecified atom stereocenters. The molecule has 1 aliphatic rings. The highest BCUT2D eigenvalue weighted by Crippen LogP contribution is 2.24. The standard InChI is InChI=1S/C15H22N2O3/c1-3-19-14-7-5-6-13(16-14)17-10-8-12(9-11-17)15(18)20-4-2/h5-7,12H,3-4,8-11H2,1-2H3. The second kappa shape index (κ2) is 7.12. The molecule has 2 heterocycles. The lowest BCUT2D eigenvalue weighted by molar-refractivity contribution is -0.148. The maximum atomic E-state index is 11.7. The number of aromatic nitrogens is 1. The minimum absolute atomic E-state index is 0.0290. The third-order valence-electron chi connectivity index (χ3n) is 3.44. The number of pyridine rings is 1. The predicted molar refractivity (Wildman–Crippen MR) is 77.0 cm³/mol. The molecule has 5 heteroatoms. The molecule has 20 heavy (non-hydrogen) atoms. The molecule has 1 fully saturated rings. The first-order valence-electron chi connectivity index (χ1n) is 7.26. The Morgan fingerprint density at radius 3 is 2.70 bits per heavy atom. The first-order chi connectivity index (χ1) is 9.74. The van der Waals surface area contributed by atoms with E-state index in [2.05, 4.69) is 9.88 Å². The molecule has 0 saturated carbocycles. The Balaban J connectivity index is 1.93. The van der Waals surface area contributed by atoms with E-state index in [1.807, 2.05) is 32.0 Å². The number of rotatable bonds is 5. The van der Waals surface area contributed by atoms with Crippen LogP contribution in [0.25, 0.3) is 0 Å². The van der Waals surface area contributed by atoms with Crippen LogP contribution in [0.15, 0.2) is 18.2 Å². The summed E-state index contributed by atoms with van der Waals surface area (Å²) in [6.45, 7) is 6.51. The van der Waals surface area contributed by atoms with E-state index in [1.165, 1.54) is 0 Å². The van der Waals surface area contributed by atoms with Gasteiger partial charge in [0.2, 0.25) is 5.88 Å². The van der Waals surface area contributed by atoms with Crippen molar-refractivity contribution < 1.29 is 14.3 Å². The number of ether oxygens (including phenoxy) is 2. The van der Waals surface area contributed by atoms with Gasteiger partial charge in [-0.2, -0.15) is 4.98 Å². The topological polar surface area (TPSA) is 51.7 Å².